The number of amides is 1. The largest absolute Gasteiger partial charge is 0.384 e. The number of nitrogens with one attached hydrogen (secondary N) is 1. The van der Waals surface area contributed by atoms with Crippen molar-refractivity contribution >= 4 is 17.3 Å². The van der Waals surface area contributed by atoms with E-state index >= 15 is 0 Å². The molecule has 0 atom stereocenters. The van der Waals surface area contributed by atoms with Crippen molar-refractivity contribution in [3.05, 3.63) is 59.7 Å². The van der Waals surface area contributed by atoms with Gasteiger partial charge in [0.05, 0.1) is 0 Å². The van der Waals surface area contributed by atoms with Crippen LogP contribution < -0.4 is 10.2 Å². The van der Waals surface area contributed by atoms with Gasteiger partial charge < -0.3 is 10.2 Å². The molecule has 3 heteroatoms. The predicted octanol–water partition coefficient (Wildman–Crippen LogP) is 2.93. The second-order valence-electron chi connectivity index (χ2n) is 4.75. The first-order chi connectivity index (χ1) is 9.25. The summed E-state index contributed by atoms with van der Waals surface area (Å²) < 4.78 is 0. The smallest absolute Gasteiger partial charge is 0.258 e. The van der Waals surface area contributed by atoms with Crippen LogP contribution in [-0.4, -0.2) is 19.5 Å². The molecule has 0 fully saturated rings. The number of hydrogen-bond donors (Lipinski definition) is 1. The van der Waals surface area contributed by atoms with Gasteiger partial charge in [0, 0.05) is 30.5 Å². The third-order valence-corrected chi connectivity index (χ3v) is 3.51. The molecule has 2 aromatic rings. The zero-order chi connectivity index (χ0) is 13.2. The predicted molar refractivity (Wildman–Crippen MR) is 77.8 cm³/mol. The lowest BCUT2D eigenvalue weighted by atomic mass is 10.1. The van der Waals surface area contributed by atoms with E-state index in [-0.39, 0.29) is 5.91 Å². The summed E-state index contributed by atoms with van der Waals surface area (Å²) in [6.45, 7) is 0.960. The second-order valence-corrected chi connectivity index (χ2v) is 4.75. The van der Waals surface area contributed by atoms with Crippen molar-refractivity contribution in [2.24, 2.45) is 0 Å². The summed E-state index contributed by atoms with van der Waals surface area (Å²) in [5, 5.41) is 3.30. The summed E-state index contributed by atoms with van der Waals surface area (Å²) in [5.41, 5.74) is 4.03. The van der Waals surface area contributed by atoms with Gasteiger partial charge in [0.1, 0.15) is 0 Å². The third kappa shape index (κ3) is 2.19. The molecule has 1 N–H and O–H groups in total. The summed E-state index contributed by atoms with van der Waals surface area (Å²) in [4.78, 5) is 14.1. The molecular formula is C16H16N2O. The zero-order valence-electron chi connectivity index (χ0n) is 10.9. The molecule has 1 heterocycles. The summed E-state index contributed by atoms with van der Waals surface area (Å²) >= 11 is 0. The fourth-order valence-corrected chi connectivity index (χ4v) is 2.40. The Kier molecular flexibility index (Phi) is 2.95. The maximum absolute atomic E-state index is 12.5. The van der Waals surface area contributed by atoms with Crippen molar-refractivity contribution in [1.82, 2.24) is 0 Å². The lowest BCUT2D eigenvalue weighted by Gasteiger charge is -2.17. The SMILES string of the molecule is CN(C(=O)c1ccc2c(c1)CCN2)c1ccccc1. The molecule has 1 aliphatic heterocycles. The summed E-state index contributed by atoms with van der Waals surface area (Å²) in [7, 11) is 1.81. The third-order valence-electron chi connectivity index (χ3n) is 3.51. The monoisotopic (exact) mass is 252 g/mol. The topological polar surface area (TPSA) is 32.3 Å². The lowest BCUT2D eigenvalue weighted by molar-refractivity contribution is 0.0993. The Morgan fingerprint density at radius 1 is 1.16 bits per heavy atom. The Morgan fingerprint density at radius 3 is 2.74 bits per heavy atom. The van der Waals surface area contributed by atoms with Crippen LogP contribution in [0.3, 0.4) is 0 Å². The van der Waals surface area contributed by atoms with E-state index in [2.05, 4.69) is 5.32 Å². The highest BCUT2D eigenvalue weighted by Gasteiger charge is 2.16. The minimum Gasteiger partial charge on any atom is -0.384 e. The van der Waals surface area contributed by atoms with Crippen LogP contribution >= 0.6 is 0 Å². The van der Waals surface area contributed by atoms with Crippen molar-refractivity contribution in [2.45, 2.75) is 6.42 Å². The van der Waals surface area contributed by atoms with Gasteiger partial charge in [-0.3, -0.25) is 4.79 Å². The van der Waals surface area contributed by atoms with Crippen LogP contribution in [0.5, 0.6) is 0 Å². The number of anilines is 2. The van der Waals surface area contributed by atoms with E-state index in [9.17, 15) is 4.79 Å². The Bertz CT molecular complexity index is 607. The molecule has 1 aliphatic rings. The first-order valence-corrected chi connectivity index (χ1v) is 6.45. The average molecular weight is 252 g/mol. The minimum absolute atomic E-state index is 0.0286. The van der Waals surface area contributed by atoms with Crippen molar-refractivity contribution < 1.29 is 4.79 Å². The quantitative estimate of drug-likeness (QED) is 0.891. The molecule has 3 nitrogen and oxygen atoms in total. The van der Waals surface area contributed by atoms with Crippen molar-refractivity contribution in [3.63, 3.8) is 0 Å². The first-order valence-electron chi connectivity index (χ1n) is 6.45. The molecule has 2 aromatic carbocycles. The number of carbonyl (C=O) groups excluding carboxylic acids is 1. The Hall–Kier alpha value is -2.29. The van der Waals surface area contributed by atoms with Crippen LogP contribution in [0.1, 0.15) is 15.9 Å². The van der Waals surface area contributed by atoms with Gasteiger partial charge >= 0.3 is 0 Å². The van der Waals surface area contributed by atoms with Gasteiger partial charge in [0.2, 0.25) is 0 Å². The standard InChI is InChI=1S/C16H16N2O/c1-18(14-5-3-2-4-6-14)16(19)13-7-8-15-12(11-13)9-10-17-15/h2-8,11,17H,9-10H2,1H3. The second kappa shape index (κ2) is 4.76. The summed E-state index contributed by atoms with van der Waals surface area (Å²) in [6.07, 6.45) is 0.992. The fourth-order valence-electron chi connectivity index (χ4n) is 2.40. The van der Waals surface area contributed by atoms with E-state index in [0.29, 0.717) is 0 Å². The molecule has 0 spiro atoms. The van der Waals surface area contributed by atoms with Crippen molar-refractivity contribution in [3.8, 4) is 0 Å². The number of rotatable bonds is 2. The molecule has 0 radical (unpaired) electrons. The van der Waals surface area contributed by atoms with Gasteiger partial charge in [0.25, 0.3) is 5.91 Å². The van der Waals surface area contributed by atoms with Crippen LogP contribution in [0, 0.1) is 0 Å². The number of carbonyl (C=O) groups is 1. The van der Waals surface area contributed by atoms with E-state index in [4.69, 9.17) is 0 Å². The number of para-hydroxylation sites is 1. The molecule has 0 unspecified atom stereocenters. The fraction of sp³-hybridized carbons (Fsp3) is 0.188. The van der Waals surface area contributed by atoms with Crippen molar-refractivity contribution in [2.75, 3.05) is 23.8 Å². The normalized spacial score (nSPS) is 12.7. The molecule has 0 bridgehead atoms. The van der Waals surface area contributed by atoms with E-state index in [1.54, 1.807) is 4.90 Å². The molecule has 0 saturated heterocycles. The van der Waals surface area contributed by atoms with Gasteiger partial charge in [0.15, 0.2) is 0 Å². The van der Waals surface area contributed by atoms with Gasteiger partial charge in [-0.1, -0.05) is 18.2 Å². The maximum atomic E-state index is 12.5. The van der Waals surface area contributed by atoms with E-state index < -0.39 is 0 Å². The van der Waals surface area contributed by atoms with Crippen LogP contribution in [0.4, 0.5) is 11.4 Å². The van der Waals surface area contributed by atoms with Gasteiger partial charge in [-0.25, -0.2) is 0 Å². The van der Waals surface area contributed by atoms with E-state index in [0.717, 1.165) is 29.9 Å². The first kappa shape index (κ1) is 11.8. The van der Waals surface area contributed by atoms with Gasteiger partial charge in [-0.15, -0.1) is 0 Å². The van der Waals surface area contributed by atoms with E-state index in [1.165, 1.54) is 5.56 Å². The van der Waals surface area contributed by atoms with Crippen molar-refractivity contribution in [1.29, 1.82) is 0 Å². The van der Waals surface area contributed by atoms with Crippen LogP contribution in [0.25, 0.3) is 0 Å². The molecule has 0 saturated carbocycles. The van der Waals surface area contributed by atoms with Gasteiger partial charge in [-0.05, 0) is 42.3 Å². The van der Waals surface area contributed by atoms with Gasteiger partial charge in [-0.2, -0.15) is 0 Å². The molecule has 0 aliphatic carbocycles. The number of fused-ring (bicyclic) bond motifs is 1. The Labute approximate surface area is 112 Å². The molecule has 96 valence electrons. The molecule has 0 aromatic heterocycles. The van der Waals surface area contributed by atoms with Crippen LogP contribution in [-0.2, 0) is 6.42 Å². The highest BCUT2D eigenvalue weighted by molar-refractivity contribution is 6.06. The van der Waals surface area contributed by atoms with E-state index in [1.807, 2.05) is 55.6 Å². The Morgan fingerprint density at radius 2 is 1.95 bits per heavy atom. The Balaban J connectivity index is 1.88. The highest BCUT2D eigenvalue weighted by atomic mass is 16.2. The number of hydrogen-bond acceptors (Lipinski definition) is 2. The van der Waals surface area contributed by atoms with Crippen LogP contribution in [0.15, 0.2) is 48.5 Å². The van der Waals surface area contributed by atoms with Crippen LogP contribution in [0.2, 0.25) is 0 Å². The maximum Gasteiger partial charge on any atom is 0.258 e. The molecular weight excluding hydrogens is 236 g/mol. The average Bonchev–Trinajstić information content (AvgIpc) is 2.94. The lowest BCUT2D eigenvalue weighted by Crippen LogP contribution is -2.26. The number of benzene rings is 2. The molecule has 1 amide bonds. The molecule has 3 rings (SSSR count). The minimum atomic E-state index is 0.0286. The number of nitrogens with zero attached hydrogens (tertiary/aromatic N) is 1. The molecule has 19 heavy (non-hydrogen) atoms. The zero-order valence-corrected chi connectivity index (χ0v) is 10.9. The summed E-state index contributed by atoms with van der Waals surface area (Å²) in [5.74, 6) is 0.0286. The highest BCUT2D eigenvalue weighted by Crippen LogP contribution is 2.24. The summed E-state index contributed by atoms with van der Waals surface area (Å²) in [6, 6.07) is 15.6.